The summed E-state index contributed by atoms with van der Waals surface area (Å²) in [6.07, 6.45) is 0.628. The Morgan fingerprint density at radius 1 is 1.33 bits per heavy atom. The Hall–Kier alpha value is -1.04. The topological polar surface area (TPSA) is 37.4 Å². The van der Waals surface area contributed by atoms with Gasteiger partial charge in [-0.25, -0.2) is 8.42 Å². The van der Waals surface area contributed by atoms with E-state index in [0.717, 1.165) is 16.1 Å². The van der Waals surface area contributed by atoms with Gasteiger partial charge in [-0.3, -0.25) is 4.31 Å². The minimum Gasteiger partial charge on any atom is -0.268 e. The first-order chi connectivity index (χ1) is 8.50. The lowest BCUT2D eigenvalue weighted by Gasteiger charge is -2.17. The van der Waals surface area contributed by atoms with Crippen molar-refractivity contribution in [3.05, 3.63) is 45.1 Å². The predicted molar refractivity (Wildman–Crippen MR) is 74.2 cm³/mol. The zero-order chi connectivity index (χ0) is 12.9. The quantitative estimate of drug-likeness (QED) is 0.749. The van der Waals surface area contributed by atoms with Crippen LogP contribution in [0.15, 0.2) is 34.5 Å². The highest BCUT2D eigenvalue weighted by Gasteiger charge is 2.30. The highest BCUT2D eigenvalue weighted by molar-refractivity contribution is 7.92. The number of rotatable bonds is 0. The maximum atomic E-state index is 12.5. The number of fused-ring (bicyclic) bond motifs is 2. The van der Waals surface area contributed by atoms with Crippen LogP contribution in [-0.2, 0) is 16.4 Å². The largest absolute Gasteiger partial charge is 0.268 e. The summed E-state index contributed by atoms with van der Waals surface area (Å²) >= 11 is 7.48. The number of sulfonamides is 1. The van der Waals surface area contributed by atoms with Crippen molar-refractivity contribution in [2.75, 3.05) is 11.4 Å². The highest BCUT2D eigenvalue weighted by Crippen LogP contribution is 2.37. The van der Waals surface area contributed by atoms with Crippen LogP contribution in [0.2, 0.25) is 5.02 Å². The molecular weight excluding hydrogens is 290 g/mol. The maximum absolute atomic E-state index is 12.5. The molecule has 2 heterocycles. The van der Waals surface area contributed by atoms with E-state index in [1.54, 1.807) is 30.5 Å². The molecule has 6 heteroatoms. The number of halogens is 1. The summed E-state index contributed by atoms with van der Waals surface area (Å²) in [5.74, 6) is 0. The van der Waals surface area contributed by atoms with E-state index in [2.05, 4.69) is 0 Å². The molecule has 0 aliphatic carbocycles. The summed E-state index contributed by atoms with van der Waals surface area (Å²) in [5.41, 5.74) is 1.56. The van der Waals surface area contributed by atoms with Gasteiger partial charge in [-0.05, 0) is 29.1 Å². The molecule has 0 atom stereocenters. The minimum atomic E-state index is -3.51. The van der Waals surface area contributed by atoms with Gasteiger partial charge in [-0.1, -0.05) is 17.7 Å². The first-order valence-electron chi connectivity index (χ1n) is 5.34. The molecule has 1 aliphatic rings. The second-order valence-corrected chi connectivity index (χ2v) is 7.51. The molecule has 94 valence electrons. The Kier molecular flexibility index (Phi) is 2.66. The number of benzene rings is 1. The smallest absolute Gasteiger partial charge is 0.264 e. The van der Waals surface area contributed by atoms with E-state index in [9.17, 15) is 8.42 Å². The first kappa shape index (κ1) is 12.0. The number of hydrogen-bond acceptors (Lipinski definition) is 3. The average Bonchev–Trinajstić information content (AvgIpc) is 2.75. The molecule has 0 amide bonds. The van der Waals surface area contributed by atoms with Gasteiger partial charge in [0.15, 0.2) is 0 Å². The molecule has 18 heavy (non-hydrogen) atoms. The van der Waals surface area contributed by atoms with Crippen LogP contribution in [0.3, 0.4) is 0 Å². The summed E-state index contributed by atoms with van der Waals surface area (Å²) in [6, 6.07) is 6.89. The van der Waals surface area contributed by atoms with Gasteiger partial charge in [0.25, 0.3) is 10.0 Å². The number of thiophene rings is 1. The molecule has 0 saturated carbocycles. The molecule has 3 nitrogen and oxygen atoms in total. The zero-order valence-electron chi connectivity index (χ0n) is 9.55. The summed E-state index contributed by atoms with van der Waals surface area (Å²) in [4.78, 5) is 1.36. The van der Waals surface area contributed by atoms with Gasteiger partial charge >= 0.3 is 0 Å². The molecule has 0 unspecified atom stereocenters. The molecule has 0 saturated heterocycles. The summed E-state index contributed by atoms with van der Waals surface area (Å²) in [7, 11) is -1.93. The minimum absolute atomic E-state index is 0.306. The first-order valence-corrected chi connectivity index (χ1v) is 8.03. The SMILES string of the molecule is CN1c2ccsc2Cc2ccc(Cl)cc2S1(=O)=O. The Balaban J connectivity index is 2.34. The lowest BCUT2D eigenvalue weighted by molar-refractivity contribution is 0.594. The molecule has 0 spiro atoms. The van der Waals surface area contributed by atoms with Crippen molar-refractivity contribution in [1.82, 2.24) is 0 Å². The van der Waals surface area contributed by atoms with Crippen LogP contribution in [0.1, 0.15) is 10.4 Å². The van der Waals surface area contributed by atoms with Gasteiger partial charge in [0.05, 0.1) is 10.6 Å². The fourth-order valence-electron chi connectivity index (χ4n) is 2.11. The molecular formula is C12H10ClNO2S2. The van der Waals surface area contributed by atoms with E-state index in [0.29, 0.717) is 16.3 Å². The van der Waals surface area contributed by atoms with E-state index in [1.807, 2.05) is 11.4 Å². The van der Waals surface area contributed by atoms with Crippen LogP contribution < -0.4 is 4.31 Å². The molecule has 2 aromatic rings. The van der Waals surface area contributed by atoms with Gasteiger partial charge in [0.1, 0.15) is 0 Å². The normalized spacial score (nSPS) is 16.9. The van der Waals surface area contributed by atoms with Crippen molar-refractivity contribution >= 4 is 38.6 Å². The van der Waals surface area contributed by atoms with Crippen LogP contribution in [0.5, 0.6) is 0 Å². The Morgan fingerprint density at radius 3 is 2.89 bits per heavy atom. The Bertz CT molecular complexity index is 721. The van der Waals surface area contributed by atoms with Gasteiger partial charge in [0, 0.05) is 23.4 Å². The maximum Gasteiger partial charge on any atom is 0.264 e. The predicted octanol–water partition coefficient (Wildman–Crippen LogP) is 3.13. The van der Waals surface area contributed by atoms with Crippen LogP contribution >= 0.6 is 22.9 Å². The van der Waals surface area contributed by atoms with E-state index >= 15 is 0 Å². The number of hydrogen-bond donors (Lipinski definition) is 0. The molecule has 1 aromatic carbocycles. The van der Waals surface area contributed by atoms with Crippen LogP contribution in [0.25, 0.3) is 0 Å². The molecule has 3 rings (SSSR count). The van der Waals surface area contributed by atoms with Crippen LogP contribution in [-0.4, -0.2) is 15.5 Å². The molecule has 0 fully saturated rings. The lowest BCUT2D eigenvalue weighted by atomic mass is 10.1. The van der Waals surface area contributed by atoms with Crippen LogP contribution in [0, 0.1) is 0 Å². The van der Waals surface area contributed by atoms with E-state index in [4.69, 9.17) is 11.6 Å². The standard InChI is InChI=1S/C12H10ClNO2S2/c1-14-10-4-5-17-11(10)6-8-2-3-9(13)7-12(8)18(14,15)16/h2-5,7H,6H2,1H3. The highest BCUT2D eigenvalue weighted by atomic mass is 35.5. The summed E-state index contributed by atoms with van der Waals surface area (Å²) < 4.78 is 26.4. The Labute approximate surface area is 115 Å². The monoisotopic (exact) mass is 299 g/mol. The number of nitrogens with zero attached hydrogens (tertiary/aromatic N) is 1. The average molecular weight is 300 g/mol. The van der Waals surface area contributed by atoms with Crippen molar-refractivity contribution in [2.45, 2.75) is 11.3 Å². The summed E-state index contributed by atoms with van der Waals surface area (Å²) in [6.45, 7) is 0. The van der Waals surface area contributed by atoms with Gasteiger partial charge in [-0.2, -0.15) is 0 Å². The number of anilines is 1. The second kappa shape index (κ2) is 3.98. The molecule has 1 aromatic heterocycles. The van der Waals surface area contributed by atoms with Crippen molar-refractivity contribution in [3.63, 3.8) is 0 Å². The molecule has 0 radical (unpaired) electrons. The van der Waals surface area contributed by atoms with Gasteiger partial charge in [0.2, 0.25) is 0 Å². The third-order valence-corrected chi connectivity index (χ3v) is 6.08. The second-order valence-electron chi connectivity index (χ2n) is 4.13. The third kappa shape index (κ3) is 1.66. The summed E-state index contributed by atoms with van der Waals surface area (Å²) in [5, 5.41) is 2.36. The Morgan fingerprint density at radius 2 is 2.11 bits per heavy atom. The fourth-order valence-corrected chi connectivity index (χ4v) is 4.80. The van der Waals surface area contributed by atoms with Gasteiger partial charge in [-0.15, -0.1) is 11.3 Å². The fraction of sp³-hybridized carbons (Fsp3) is 0.167. The molecule has 1 aliphatic heterocycles. The van der Waals surface area contributed by atoms with Crippen molar-refractivity contribution in [2.24, 2.45) is 0 Å². The van der Waals surface area contributed by atoms with Crippen molar-refractivity contribution < 1.29 is 8.42 Å². The van der Waals surface area contributed by atoms with Gasteiger partial charge < -0.3 is 0 Å². The molecule has 0 bridgehead atoms. The van der Waals surface area contributed by atoms with Crippen molar-refractivity contribution in [1.29, 1.82) is 0 Å². The van der Waals surface area contributed by atoms with E-state index < -0.39 is 10.0 Å². The third-order valence-electron chi connectivity index (χ3n) is 3.08. The van der Waals surface area contributed by atoms with E-state index in [-0.39, 0.29) is 0 Å². The van der Waals surface area contributed by atoms with Crippen LogP contribution in [0.4, 0.5) is 5.69 Å². The molecule has 0 N–H and O–H groups in total. The zero-order valence-corrected chi connectivity index (χ0v) is 11.9. The van der Waals surface area contributed by atoms with Crippen molar-refractivity contribution in [3.8, 4) is 0 Å². The lowest BCUT2D eigenvalue weighted by Crippen LogP contribution is -2.26. The van der Waals surface area contributed by atoms with E-state index in [1.165, 1.54) is 10.4 Å².